The van der Waals surface area contributed by atoms with Crippen LogP contribution in [0.4, 0.5) is 0 Å². The molecule has 0 N–H and O–H groups in total. The van der Waals surface area contributed by atoms with Gasteiger partial charge in [0.25, 0.3) is 0 Å². The predicted octanol–water partition coefficient (Wildman–Crippen LogP) is -0.491. The third-order valence-corrected chi connectivity index (χ3v) is 3.13. The van der Waals surface area contributed by atoms with Crippen LogP contribution in [-0.4, -0.2) is 67.4 Å². The maximum Gasteiger partial charge on any atom is 0.230 e. The van der Waals surface area contributed by atoms with Gasteiger partial charge in [-0.05, 0) is 7.05 Å². The number of rotatable bonds is 2. The fourth-order valence-electron chi connectivity index (χ4n) is 2.17. The van der Waals surface area contributed by atoms with Crippen LogP contribution in [0.5, 0.6) is 0 Å². The SMILES string of the molecule is CN1CCOC(CN2CCC(=O)CC2=O)C1. The van der Waals surface area contributed by atoms with Crippen molar-refractivity contribution < 1.29 is 14.3 Å². The lowest BCUT2D eigenvalue weighted by molar-refractivity contribution is -0.142. The van der Waals surface area contributed by atoms with E-state index < -0.39 is 0 Å². The molecule has 2 fully saturated rings. The standard InChI is InChI=1S/C11H18N2O3/c1-12-4-5-16-10(7-12)8-13-3-2-9(14)6-11(13)15/h10H,2-8H2,1H3. The van der Waals surface area contributed by atoms with Crippen LogP contribution >= 0.6 is 0 Å². The molecule has 2 rings (SSSR count). The van der Waals surface area contributed by atoms with Gasteiger partial charge in [0.2, 0.25) is 5.91 Å². The van der Waals surface area contributed by atoms with E-state index in [1.165, 1.54) is 0 Å². The molecule has 0 spiro atoms. The van der Waals surface area contributed by atoms with E-state index >= 15 is 0 Å². The summed E-state index contributed by atoms with van der Waals surface area (Å²) in [7, 11) is 2.05. The highest BCUT2D eigenvalue weighted by Crippen LogP contribution is 2.11. The van der Waals surface area contributed by atoms with Gasteiger partial charge in [0, 0.05) is 32.6 Å². The number of carbonyl (C=O) groups is 2. The topological polar surface area (TPSA) is 49.9 Å². The molecule has 16 heavy (non-hydrogen) atoms. The first-order chi connectivity index (χ1) is 7.65. The van der Waals surface area contributed by atoms with Gasteiger partial charge in [-0.25, -0.2) is 0 Å². The molecule has 0 aromatic rings. The van der Waals surface area contributed by atoms with Gasteiger partial charge in [0.05, 0.1) is 19.1 Å². The van der Waals surface area contributed by atoms with Crippen molar-refractivity contribution in [3.63, 3.8) is 0 Å². The summed E-state index contributed by atoms with van der Waals surface area (Å²) in [4.78, 5) is 26.6. The summed E-state index contributed by atoms with van der Waals surface area (Å²) in [6, 6.07) is 0. The molecule has 0 bridgehead atoms. The van der Waals surface area contributed by atoms with Gasteiger partial charge in [-0.15, -0.1) is 0 Å². The van der Waals surface area contributed by atoms with Gasteiger partial charge in [-0.3, -0.25) is 9.59 Å². The number of likely N-dealkylation sites (tertiary alicyclic amines) is 1. The van der Waals surface area contributed by atoms with Crippen molar-refractivity contribution >= 4 is 11.7 Å². The molecule has 0 aromatic carbocycles. The van der Waals surface area contributed by atoms with Gasteiger partial charge in [0.15, 0.2) is 0 Å². The van der Waals surface area contributed by atoms with Gasteiger partial charge in [0.1, 0.15) is 5.78 Å². The minimum absolute atomic E-state index is 0.0481. The van der Waals surface area contributed by atoms with E-state index in [9.17, 15) is 9.59 Å². The first-order valence-electron chi connectivity index (χ1n) is 5.75. The van der Waals surface area contributed by atoms with Crippen molar-refractivity contribution in [1.29, 1.82) is 0 Å². The Morgan fingerprint density at radius 3 is 2.88 bits per heavy atom. The molecular formula is C11H18N2O3. The monoisotopic (exact) mass is 226 g/mol. The largest absolute Gasteiger partial charge is 0.374 e. The van der Waals surface area contributed by atoms with Crippen molar-refractivity contribution in [2.75, 3.05) is 39.8 Å². The number of piperidine rings is 1. The molecule has 5 nitrogen and oxygen atoms in total. The van der Waals surface area contributed by atoms with Crippen molar-refractivity contribution in [3.8, 4) is 0 Å². The molecule has 1 amide bonds. The zero-order valence-electron chi connectivity index (χ0n) is 9.65. The summed E-state index contributed by atoms with van der Waals surface area (Å²) in [6.45, 7) is 3.71. The van der Waals surface area contributed by atoms with E-state index in [0.717, 1.165) is 19.7 Å². The molecule has 2 saturated heterocycles. The number of Topliss-reactive ketones (excluding diaryl/α,β-unsaturated/α-hetero) is 1. The Balaban J connectivity index is 1.84. The second-order valence-electron chi connectivity index (χ2n) is 4.56. The Morgan fingerprint density at radius 1 is 1.38 bits per heavy atom. The molecule has 5 heteroatoms. The summed E-state index contributed by atoms with van der Waals surface area (Å²) in [5, 5.41) is 0. The second-order valence-corrected chi connectivity index (χ2v) is 4.56. The van der Waals surface area contributed by atoms with E-state index in [0.29, 0.717) is 19.5 Å². The Morgan fingerprint density at radius 2 is 2.19 bits per heavy atom. The van der Waals surface area contributed by atoms with Crippen LogP contribution in [0.15, 0.2) is 0 Å². The normalized spacial score (nSPS) is 28.6. The highest BCUT2D eigenvalue weighted by atomic mass is 16.5. The third-order valence-electron chi connectivity index (χ3n) is 3.13. The zero-order chi connectivity index (χ0) is 11.5. The third kappa shape index (κ3) is 2.80. The summed E-state index contributed by atoms with van der Waals surface area (Å²) in [5.74, 6) is 0.0102. The lowest BCUT2D eigenvalue weighted by Gasteiger charge is -2.35. The first kappa shape index (κ1) is 11.5. The van der Waals surface area contributed by atoms with Crippen LogP contribution in [0.25, 0.3) is 0 Å². The van der Waals surface area contributed by atoms with Crippen molar-refractivity contribution in [2.45, 2.75) is 18.9 Å². The molecule has 0 radical (unpaired) electrons. The van der Waals surface area contributed by atoms with Crippen LogP contribution in [0, 0.1) is 0 Å². The van der Waals surface area contributed by atoms with Crippen LogP contribution < -0.4 is 0 Å². The summed E-state index contributed by atoms with van der Waals surface area (Å²) in [6.07, 6.45) is 0.660. The van der Waals surface area contributed by atoms with Crippen molar-refractivity contribution in [1.82, 2.24) is 9.80 Å². The maximum absolute atomic E-state index is 11.6. The van der Waals surface area contributed by atoms with Gasteiger partial charge >= 0.3 is 0 Å². The first-order valence-corrected chi connectivity index (χ1v) is 5.75. The molecule has 0 aromatic heterocycles. The highest BCUT2D eigenvalue weighted by Gasteiger charge is 2.27. The molecule has 0 saturated carbocycles. The van der Waals surface area contributed by atoms with E-state index in [4.69, 9.17) is 4.74 Å². The summed E-state index contributed by atoms with van der Waals surface area (Å²) in [5.41, 5.74) is 0. The molecule has 1 atom stereocenters. The number of likely N-dealkylation sites (N-methyl/N-ethyl adjacent to an activating group) is 1. The quantitative estimate of drug-likeness (QED) is 0.596. The van der Waals surface area contributed by atoms with E-state index in [1.54, 1.807) is 4.90 Å². The molecule has 0 aliphatic carbocycles. The molecule has 1 unspecified atom stereocenters. The summed E-state index contributed by atoms with van der Waals surface area (Å²) >= 11 is 0. The minimum Gasteiger partial charge on any atom is -0.374 e. The lowest BCUT2D eigenvalue weighted by Crippen LogP contribution is -2.49. The fraction of sp³-hybridized carbons (Fsp3) is 0.818. The van der Waals surface area contributed by atoms with Crippen LogP contribution in [0.2, 0.25) is 0 Å². The lowest BCUT2D eigenvalue weighted by atomic mass is 10.1. The van der Waals surface area contributed by atoms with E-state index in [-0.39, 0.29) is 24.2 Å². The Hall–Kier alpha value is -0.940. The number of amides is 1. The van der Waals surface area contributed by atoms with Crippen LogP contribution in [0.1, 0.15) is 12.8 Å². The van der Waals surface area contributed by atoms with E-state index in [2.05, 4.69) is 11.9 Å². The number of nitrogens with zero attached hydrogens (tertiary/aromatic N) is 2. The summed E-state index contributed by atoms with van der Waals surface area (Å²) < 4.78 is 5.61. The highest BCUT2D eigenvalue weighted by molar-refractivity contribution is 6.00. The number of morpholine rings is 1. The zero-order valence-corrected chi connectivity index (χ0v) is 9.65. The van der Waals surface area contributed by atoms with Crippen LogP contribution in [-0.2, 0) is 14.3 Å². The van der Waals surface area contributed by atoms with Gasteiger partial charge in [-0.2, -0.15) is 0 Å². The Labute approximate surface area is 95.3 Å². The van der Waals surface area contributed by atoms with E-state index in [1.807, 2.05) is 0 Å². The second kappa shape index (κ2) is 4.93. The van der Waals surface area contributed by atoms with Gasteiger partial charge < -0.3 is 14.5 Å². The smallest absolute Gasteiger partial charge is 0.230 e. The average molecular weight is 226 g/mol. The number of ether oxygens (including phenoxy) is 1. The average Bonchev–Trinajstić information content (AvgIpc) is 2.22. The van der Waals surface area contributed by atoms with Crippen molar-refractivity contribution in [3.05, 3.63) is 0 Å². The number of hydrogen-bond donors (Lipinski definition) is 0. The fourth-order valence-corrected chi connectivity index (χ4v) is 2.17. The molecule has 2 aliphatic rings. The molecular weight excluding hydrogens is 208 g/mol. The number of carbonyl (C=O) groups excluding carboxylic acids is 2. The molecule has 90 valence electrons. The number of hydrogen-bond acceptors (Lipinski definition) is 4. The minimum atomic E-state index is -0.0481. The predicted molar refractivity (Wildman–Crippen MR) is 58.1 cm³/mol. The molecule has 2 aliphatic heterocycles. The van der Waals surface area contributed by atoms with Crippen LogP contribution in [0.3, 0.4) is 0 Å². The maximum atomic E-state index is 11.6. The van der Waals surface area contributed by atoms with Gasteiger partial charge in [-0.1, -0.05) is 0 Å². The number of ketones is 1. The Bertz CT molecular complexity index is 293. The molecule has 2 heterocycles. The van der Waals surface area contributed by atoms with Crippen molar-refractivity contribution in [2.24, 2.45) is 0 Å². The Kier molecular flexibility index (Phi) is 3.56.